The molecule has 0 spiro atoms. The van der Waals surface area contributed by atoms with Gasteiger partial charge in [-0.15, -0.1) is 0 Å². The van der Waals surface area contributed by atoms with Gasteiger partial charge in [-0.1, -0.05) is 54.0 Å². The SMILES string of the molecule is CCOc1ccc(C[C@H]2NC(=O)CCSSC[C@@H](C(=O)N3CCC[C@H]3C(=O)N[C@@H](CCCN)C(=O)NCC(N)=O)N3C(=O)C[C@@H](NC(=O)[C@H]([C@@H](C)O)NC(=O)[C@H]([C@@H](C)CC)NC2=O)C3=O)cc1. The van der Waals surface area contributed by atoms with E-state index in [0.717, 1.165) is 26.5 Å². The summed E-state index contributed by atoms with van der Waals surface area (Å²) in [6.45, 7) is 6.79. The van der Waals surface area contributed by atoms with Crippen molar-refractivity contribution < 1.29 is 57.8 Å². The fraction of sp³-hybridized carbons (Fsp3) is 0.628. The Hall–Kier alpha value is -5.46. The fourth-order valence-electron chi connectivity index (χ4n) is 7.77. The van der Waals surface area contributed by atoms with Crippen molar-refractivity contribution in [3.05, 3.63) is 29.8 Å². The molecular formula is C43H64N10O12S2. The van der Waals surface area contributed by atoms with E-state index in [1.54, 1.807) is 38.1 Å². The molecule has 4 rings (SSSR count). The highest BCUT2D eigenvalue weighted by molar-refractivity contribution is 8.76. The highest BCUT2D eigenvalue weighted by atomic mass is 33.1. The first-order valence-electron chi connectivity index (χ1n) is 22.5. The van der Waals surface area contributed by atoms with Crippen LogP contribution in [0.25, 0.3) is 0 Å². The van der Waals surface area contributed by atoms with Gasteiger partial charge in [-0.2, -0.15) is 0 Å². The van der Waals surface area contributed by atoms with Crippen molar-refractivity contribution in [2.24, 2.45) is 17.4 Å². The molecule has 370 valence electrons. The minimum absolute atomic E-state index is 0.0366. The van der Waals surface area contributed by atoms with E-state index >= 15 is 0 Å². The number of aliphatic hydroxyl groups is 1. The summed E-state index contributed by atoms with van der Waals surface area (Å²) in [6, 6.07) is -2.36. The molecule has 3 aliphatic rings. The van der Waals surface area contributed by atoms with E-state index in [0.29, 0.717) is 37.2 Å². The quantitative estimate of drug-likeness (QED) is 0.0623. The maximum absolute atomic E-state index is 14.6. The van der Waals surface area contributed by atoms with Crippen LogP contribution in [0.3, 0.4) is 0 Å². The Labute approximate surface area is 397 Å². The number of rotatable bonds is 16. The van der Waals surface area contributed by atoms with Gasteiger partial charge in [0.25, 0.3) is 5.91 Å². The average molecular weight is 977 g/mol. The minimum atomic E-state index is -1.67. The number of carbonyl (C=O) groups is 10. The molecule has 3 aliphatic heterocycles. The summed E-state index contributed by atoms with van der Waals surface area (Å²) < 4.78 is 5.54. The third kappa shape index (κ3) is 15.3. The van der Waals surface area contributed by atoms with Crippen molar-refractivity contribution >= 4 is 80.7 Å². The number of nitrogens with zero attached hydrogens (tertiary/aromatic N) is 2. The van der Waals surface area contributed by atoms with Gasteiger partial charge in [0.1, 0.15) is 48.0 Å². The van der Waals surface area contributed by atoms with Crippen LogP contribution in [0.2, 0.25) is 0 Å². The average Bonchev–Trinajstić information content (AvgIpc) is 3.89. The number of nitrogens with one attached hydrogen (secondary N) is 6. The zero-order valence-electron chi connectivity index (χ0n) is 38.2. The number of benzene rings is 1. The zero-order chi connectivity index (χ0) is 49.4. The summed E-state index contributed by atoms with van der Waals surface area (Å²) in [5.74, 6) is -7.67. The van der Waals surface area contributed by atoms with Crippen molar-refractivity contribution in [1.82, 2.24) is 41.7 Å². The Balaban J connectivity index is 1.64. The predicted molar refractivity (Wildman–Crippen MR) is 247 cm³/mol. The van der Waals surface area contributed by atoms with Crippen LogP contribution in [-0.4, -0.2) is 160 Å². The van der Waals surface area contributed by atoms with Crippen molar-refractivity contribution in [2.45, 2.75) is 127 Å². The first-order valence-corrected chi connectivity index (χ1v) is 25.0. The van der Waals surface area contributed by atoms with Crippen molar-refractivity contribution in [1.29, 1.82) is 0 Å². The van der Waals surface area contributed by atoms with Gasteiger partial charge in [0.05, 0.1) is 25.7 Å². The normalized spacial score (nSPS) is 24.9. The number of nitrogens with two attached hydrogens (primary N) is 2. The van der Waals surface area contributed by atoms with Gasteiger partial charge >= 0.3 is 0 Å². The zero-order valence-corrected chi connectivity index (χ0v) is 39.8. The number of likely N-dealkylation sites (tertiary alicyclic amines) is 1. The topological polar surface area (TPSA) is 331 Å². The molecule has 0 saturated carbocycles. The summed E-state index contributed by atoms with van der Waals surface area (Å²) in [7, 11) is 2.24. The molecule has 1 aromatic rings. The summed E-state index contributed by atoms with van der Waals surface area (Å²) in [6.07, 6.45) is -0.784. The van der Waals surface area contributed by atoms with E-state index < -0.39 is 126 Å². The van der Waals surface area contributed by atoms with Gasteiger partial charge in [-0.05, 0) is 69.7 Å². The first kappa shape index (κ1) is 54.1. The number of fused-ring (bicyclic) bond motifs is 2. The van der Waals surface area contributed by atoms with Crippen LogP contribution in [0.4, 0.5) is 0 Å². The van der Waals surface area contributed by atoms with E-state index in [-0.39, 0.29) is 50.3 Å². The Morgan fingerprint density at radius 3 is 2.25 bits per heavy atom. The lowest BCUT2D eigenvalue weighted by atomic mass is 9.96. The lowest BCUT2D eigenvalue weighted by molar-refractivity contribution is -0.151. The van der Waals surface area contributed by atoms with E-state index in [4.69, 9.17) is 16.2 Å². The van der Waals surface area contributed by atoms with Crippen LogP contribution in [0.15, 0.2) is 24.3 Å². The minimum Gasteiger partial charge on any atom is -0.494 e. The van der Waals surface area contributed by atoms with Crippen LogP contribution >= 0.6 is 21.6 Å². The molecule has 24 heteroatoms. The molecule has 3 fully saturated rings. The van der Waals surface area contributed by atoms with Crippen molar-refractivity contribution in [3.63, 3.8) is 0 Å². The molecule has 67 heavy (non-hydrogen) atoms. The molecule has 0 aromatic heterocycles. The van der Waals surface area contributed by atoms with Crippen LogP contribution < -0.4 is 48.1 Å². The van der Waals surface area contributed by atoms with Crippen LogP contribution in [0, 0.1) is 5.92 Å². The second-order valence-electron chi connectivity index (χ2n) is 16.6. The van der Waals surface area contributed by atoms with Gasteiger partial charge in [-0.25, -0.2) is 0 Å². The number of aliphatic hydroxyl groups excluding tert-OH is 1. The number of ether oxygens (including phenoxy) is 1. The monoisotopic (exact) mass is 976 g/mol. The molecule has 0 radical (unpaired) electrons. The Kier molecular flexibility index (Phi) is 21.2. The number of imide groups is 1. The predicted octanol–water partition coefficient (Wildman–Crippen LogP) is -2.28. The molecule has 10 amide bonds. The molecular weight excluding hydrogens is 913 g/mol. The number of amides is 10. The highest BCUT2D eigenvalue weighted by Crippen LogP contribution is 2.30. The molecule has 22 nitrogen and oxygen atoms in total. The maximum Gasteiger partial charge on any atom is 0.253 e. The highest BCUT2D eigenvalue weighted by Gasteiger charge is 2.49. The number of primary amides is 1. The van der Waals surface area contributed by atoms with Crippen LogP contribution in [0.1, 0.15) is 78.2 Å². The van der Waals surface area contributed by atoms with Crippen LogP contribution in [0.5, 0.6) is 5.75 Å². The molecule has 2 bridgehead atoms. The molecule has 3 heterocycles. The summed E-state index contributed by atoms with van der Waals surface area (Å²) >= 11 is 0. The summed E-state index contributed by atoms with van der Waals surface area (Å²) in [4.78, 5) is 138. The first-order chi connectivity index (χ1) is 31.9. The Morgan fingerprint density at radius 1 is 0.925 bits per heavy atom. The maximum atomic E-state index is 14.6. The second kappa shape index (κ2) is 26.2. The smallest absolute Gasteiger partial charge is 0.253 e. The van der Waals surface area contributed by atoms with Crippen molar-refractivity contribution in [3.8, 4) is 5.75 Å². The summed E-state index contributed by atoms with van der Waals surface area (Å²) in [5.41, 5.74) is 11.5. The number of hydrogen-bond acceptors (Lipinski definition) is 15. The molecule has 9 atom stereocenters. The summed E-state index contributed by atoms with van der Waals surface area (Å²) in [5, 5.41) is 26.2. The molecule has 11 N–H and O–H groups in total. The van der Waals surface area contributed by atoms with E-state index in [1.165, 1.54) is 11.8 Å². The molecule has 3 saturated heterocycles. The van der Waals surface area contributed by atoms with E-state index in [9.17, 15) is 53.1 Å². The van der Waals surface area contributed by atoms with Crippen molar-refractivity contribution in [2.75, 3.05) is 37.7 Å². The largest absolute Gasteiger partial charge is 0.494 e. The molecule has 1 aromatic carbocycles. The molecule has 0 aliphatic carbocycles. The lowest BCUT2D eigenvalue weighted by Crippen LogP contribution is -2.61. The van der Waals surface area contributed by atoms with E-state index in [2.05, 4.69) is 31.9 Å². The lowest BCUT2D eigenvalue weighted by Gasteiger charge is -2.32. The van der Waals surface area contributed by atoms with Gasteiger partial charge in [0, 0.05) is 30.9 Å². The number of hydrogen-bond donors (Lipinski definition) is 9. The number of carbonyl (C=O) groups excluding carboxylic acids is 10. The third-order valence-electron chi connectivity index (χ3n) is 11.6. The standard InChI is InChI=1S/C43H64N10O12S2/c1-5-23(3)35-40(61)51-36(24(4)54)41(62)49-29-20-34(57)53(42(29)63)31(43(64)52-17-8-10-30(52)39(60)48-27(9-7-16-44)37(58)46-21-32(45)55)22-67-66-18-15-33(56)47-28(38(59)50-35)19-25-11-13-26(14-12-25)65-6-2/h11-14,23-24,27-31,35-36,54H,5-10,15-22,44H2,1-4H3,(H2,45,55)(H,46,58)(H,47,56)(H,48,60)(H,49,62)(H,50,59)(H,51,61)/t23-,24+,27-,28+,29+,30-,31-,35-,36-/m0/s1. The third-order valence-corrected chi connectivity index (χ3v) is 14.0. The van der Waals surface area contributed by atoms with Gasteiger partial charge in [0.2, 0.25) is 53.2 Å². The molecule has 0 unspecified atom stereocenters. The van der Waals surface area contributed by atoms with Crippen LogP contribution in [-0.2, 0) is 54.4 Å². The van der Waals surface area contributed by atoms with Gasteiger partial charge in [-0.3, -0.25) is 52.8 Å². The Bertz CT molecular complexity index is 1980. The Morgan fingerprint density at radius 2 is 1.61 bits per heavy atom. The van der Waals surface area contributed by atoms with Gasteiger partial charge < -0.3 is 58.1 Å². The van der Waals surface area contributed by atoms with E-state index in [1.807, 2.05) is 6.92 Å². The fourth-order valence-corrected chi connectivity index (χ4v) is 9.95. The van der Waals surface area contributed by atoms with Gasteiger partial charge in [0.15, 0.2) is 0 Å². The second-order valence-corrected chi connectivity index (χ2v) is 19.2.